The molecule has 0 bridgehead atoms. The minimum absolute atomic E-state index is 0.0335. The van der Waals surface area contributed by atoms with Crippen molar-refractivity contribution in [3.05, 3.63) is 35.2 Å². The predicted molar refractivity (Wildman–Crippen MR) is 113 cm³/mol. The standard InChI is InChI=1S/C20H26N2O4S2/c1-13(2)11-22-16-10-15(21-28(24,25)18-9-6-14(3)27-18)7-8-17(16)26-12-20(4,5)19(22)23/h6-10,13,21H,11-12H2,1-5H3. The molecule has 2 heterocycles. The van der Waals surface area contributed by atoms with Crippen LogP contribution in [0.3, 0.4) is 0 Å². The number of hydrogen-bond donors (Lipinski definition) is 1. The zero-order valence-electron chi connectivity index (χ0n) is 16.8. The number of amides is 1. The van der Waals surface area contributed by atoms with Crippen LogP contribution in [0.15, 0.2) is 34.5 Å². The van der Waals surface area contributed by atoms with Crippen LogP contribution in [0.2, 0.25) is 0 Å². The average molecular weight is 423 g/mol. The number of anilines is 2. The van der Waals surface area contributed by atoms with Crippen LogP contribution in [0.25, 0.3) is 0 Å². The first-order valence-corrected chi connectivity index (χ1v) is 11.5. The summed E-state index contributed by atoms with van der Waals surface area (Å²) in [6, 6.07) is 8.41. The first kappa shape index (κ1) is 20.7. The molecule has 1 amide bonds. The maximum absolute atomic E-state index is 13.1. The molecule has 0 atom stereocenters. The van der Waals surface area contributed by atoms with E-state index in [0.717, 1.165) is 4.88 Å². The van der Waals surface area contributed by atoms with Gasteiger partial charge < -0.3 is 9.64 Å². The van der Waals surface area contributed by atoms with Gasteiger partial charge in [0.2, 0.25) is 5.91 Å². The summed E-state index contributed by atoms with van der Waals surface area (Å²) >= 11 is 1.22. The molecule has 0 unspecified atom stereocenters. The molecule has 152 valence electrons. The Kier molecular flexibility index (Phi) is 5.46. The lowest BCUT2D eigenvalue weighted by atomic mass is 9.92. The smallest absolute Gasteiger partial charge is 0.271 e. The van der Waals surface area contributed by atoms with Crippen LogP contribution in [-0.2, 0) is 14.8 Å². The van der Waals surface area contributed by atoms with Gasteiger partial charge in [0.1, 0.15) is 16.6 Å². The summed E-state index contributed by atoms with van der Waals surface area (Å²) in [5.74, 6) is 0.795. The number of aryl methyl sites for hydroxylation is 1. The van der Waals surface area contributed by atoms with E-state index in [1.807, 2.05) is 34.6 Å². The lowest BCUT2D eigenvalue weighted by molar-refractivity contribution is -0.127. The van der Waals surface area contributed by atoms with E-state index < -0.39 is 15.4 Å². The van der Waals surface area contributed by atoms with E-state index in [9.17, 15) is 13.2 Å². The zero-order valence-corrected chi connectivity index (χ0v) is 18.4. The van der Waals surface area contributed by atoms with Crippen molar-refractivity contribution in [1.82, 2.24) is 0 Å². The van der Waals surface area contributed by atoms with E-state index in [1.165, 1.54) is 11.3 Å². The van der Waals surface area contributed by atoms with Crippen molar-refractivity contribution >= 4 is 38.6 Å². The Bertz CT molecular complexity index is 993. The quantitative estimate of drug-likeness (QED) is 0.781. The van der Waals surface area contributed by atoms with Crippen LogP contribution in [0.5, 0.6) is 5.75 Å². The first-order chi connectivity index (χ1) is 13.0. The molecule has 1 aromatic heterocycles. The van der Waals surface area contributed by atoms with Crippen molar-refractivity contribution in [3.8, 4) is 5.75 Å². The summed E-state index contributed by atoms with van der Waals surface area (Å²) in [5, 5.41) is 0. The molecule has 0 fully saturated rings. The number of hydrogen-bond acceptors (Lipinski definition) is 5. The van der Waals surface area contributed by atoms with Crippen LogP contribution in [0, 0.1) is 18.3 Å². The number of benzene rings is 1. The van der Waals surface area contributed by atoms with Gasteiger partial charge in [-0.15, -0.1) is 11.3 Å². The summed E-state index contributed by atoms with van der Waals surface area (Å²) in [6.07, 6.45) is 0. The normalized spacial score (nSPS) is 16.5. The summed E-state index contributed by atoms with van der Waals surface area (Å²) < 4.78 is 34.1. The Morgan fingerprint density at radius 2 is 1.96 bits per heavy atom. The highest BCUT2D eigenvalue weighted by atomic mass is 32.2. The van der Waals surface area contributed by atoms with Crippen LogP contribution in [0.1, 0.15) is 32.6 Å². The SMILES string of the molecule is Cc1ccc(S(=O)(=O)Nc2ccc3c(c2)N(CC(C)C)C(=O)C(C)(C)CO3)s1. The number of carbonyl (C=O) groups excluding carboxylic acids is 1. The Hall–Kier alpha value is -2.06. The topological polar surface area (TPSA) is 75.7 Å². The van der Waals surface area contributed by atoms with Crippen LogP contribution in [0.4, 0.5) is 11.4 Å². The van der Waals surface area contributed by atoms with Gasteiger partial charge in [-0.1, -0.05) is 13.8 Å². The van der Waals surface area contributed by atoms with Gasteiger partial charge in [0.15, 0.2) is 0 Å². The molecule has 1 aliphatic heterocycles. The molecule has 0 saturated carbocycles. The van der Waals surface area contributed by atoms with Crippen molar-refractivity contribution in [1.29, 1.82) is 0 Å². The van der Waals surface area contributed by atoms with E-state index in [-0.39, 0.29) is 22.6 Å². The molecule has 2 aromatic rings. The molecule has 1 aliphatic rings. The van der Waals surface area contributed by atoms with E-state index in [4.69, 9.17) is 4.74 Å². The van der Waals surface area contributed by atoms with E-state index in [1.54, 1.807) is 35.2 Å². The molecule has 8 heteroatoms. The number of ether oxygens (including phenoxy) is 1. The lowest BCUT2D eigenvalue weighted by Gasteiger charge is -2.29. The van der Waals surface area contributed by atoms with Gasteiger partial charge >= 0.3 is 0 Å². The second kappa shape index (κ2) is 7.40. The van der Waals surface area contributed by atoms with Crippen LogP contribution in [-0.4, -0.2) is 27.5 Å². The summed E-state index contributed by atoms with van der Waals surface area (Å²) in [4.78, 5) is 15.7. The van der Waals surface area contributed by atoms with Gasteiger partial charge in [0.25, 0.3) is 10.0 Å². The maximum Gasteiger partial charge on any atom is 0.271 e. The van der Waals surface area contributed by atoms with E-state index >= 15 is 0 Å². The number of thiophene rings is 1. The second-order valence-corrected chi connectivity index (χ2v) is 11.3. The third-order valence-corrected chi connectivity index (χ3v) is 7.32. The van der Waals surface area contributed by atoms with Crippen LogP contribution < -0.4 is 14.4 Å². The molecule has 28 heavy (non-hydrogen) atoms. The highest BCUT2D eigenvalue weighted by Crippen LogP contribution is 2.39. The number of nitrogens with zero attached hydrogens (tertiary/aromatic N) is 1. The first-order valence-electron chi connectivity index (χ1n) is 9.18. The number of carbonyl (C=O) groups is 1. The van der Waals surface area contributed by atoms with Gasteiger partial charge in [-0.25, -0.2) is 8.42 Å². The van der Waals surface area contributed by atoms with E-state index in [0.29, 0.717) is 23.7 Å². The zero-order chi connectivity index (χ0) is 20.7. The molecular formula is C20H26N2O4S2. The fourth-order valence-electron chi connectivity index (χ4n) is 3.02. The molecule has 6 nitrogen and oxygen atoms in total. The molecule has 0 radical (unpaired) electrons. The van der Waals surface area contributed by atoms with Gasteiger partial charge in [-0.3, -0.25) is 9.52 Å². The Balaban J connectivity index is 1.99. The van der Waals surface area contributed by atoms with Gasteiger partial charge in [-0.2, -0.15) is 0 Å². The fourth-order valence-corrected chi connectivity index (χ4v) is 5.35. The largest absolute Gasteiger partial charge is 0.490 e. The predicted octanol–water partition coefficient (Wildman–Crippen LogP) is 4.26. The molecule has 0 spiro atoms. The second-order valence-electron chi connectivity index (χ2n) is 8.14. The van der Waals surface area contributed by atoms with Gasteiger partial charge in [0, 0.05) is 11.4 Å². The summed E-state index contributed by atoms with van der Waals surface area (Å²) in [5.41, 5.74) is 0.323. The number of nitrogens with one attached hydrogen (secondary N) is 1. The van der Waals surface area contributed by atoms with Crippen molar-refractivity contribution in [2.45, 2.75) is 38.8 Å². The molecule has 3 rings (SSSR count). The molecule has 1 N–H and O–H groups in total. The Labute approximate surface area is 170 Å². The summed E-state index contributed by atoms with van der Waals surface area (Å²) in [7, 11) is -3.68. The number of sulfonamides is 1. The highest BCUT2D eigenvalue weighted by molar-refractivity contribution is 7.94. The molecule has 0 aliphatic carbocycles. The van der Waals surface area contributed by atoms with E-state index in [2.05, 4.69) is 4.72 Å². The lowest BCUT2D eigenvalue weighted by Crippen LogP contribution is -2.43. The molecule has 0 saturated heterocycles. The summed E-state index contributed by atoms with van der Waals surface area (Å²) in [6.45, 7) is 10.5. The fraction of sp³-hybridized carbons (Fsp3) is 0.450. The maximum atomic E-state index is 13.1. The molecular weight excluding hydrogens is 396 g/mol. The van der Waals surface area contributed by atoms with Gasteiger partial charge in [0.05, 0.1) is 16.8 Å². The average Bonchev–Trinajstić information content (AvgIpc) is 3.01. The van der Waals surface area contributed by atoms with Crippen molar-refractivity contribution < 1.29 is 17.9 Å². The highest BCUT2D eigenvalue weighted by Gasteiger charge is 2.38. The minimum atomic E-state index is -3.68. The monoisotopic (exact) mass is 422 g/mol. The molecule has 1 aromatic carbocycles. The third-order valence-electron chi connectivity index (χ3n) is 4.44. The van der Waals surface area contributed by atoms with Gasteiger partial charge in [-0.05, 0) is 57.0 Å². The van der Waals surface area contributed by atoms with Crippen molar-refractivity contribution in [3.63, 3.8) is 0 Å². The van der Waals surface area contributed by atoms with Crippen molar-refractivity contribution in [2.75, 3.05) is 22.8 Å². The Morgan fingerprint density at radius 3 is 2.57 bits per heavy atom. The third kappa shape index (κ3) is 4.17. The van der Waals surface area contributed by atoms with Crippen LogP contribution >= 0.6 is 11.3 Å². The number of fused-ring (bicyclic) bond motifs is 1. The van der Waals surface area contributed by atoms with Crippen molar-refractivity contribution in [2.24, 2.45) is 11.3 Å². The number of rotatable bonds is 5. The minimum Gasteiger partial charge on any atom is -0.490 e. The Morgan fingerprint density at radius 1 is 1.25 bits per heavy atom.